The van der Waals surface area contributed by atoms with E-state index in [0.29, 0.717) is 44.2 Å². The molecule has 0 unspecified atom stereocenters. The average molecular weight is 685 g/mol. The van der Waals surface area contributed by atoms with Gasteiger partial charge < -0.3 is 30.0 Å². The van der Waals surface area contributed by atoms with Crippen LogP contribution in [-0.4, -0.2) is 51.2 Å². The Morgan fingerprint density at radius 3 is 1.42 bits per heavy atom. The summed E-state index contributed by atoms with van der Waals surface area (Å²) in [7, 11) is 3.65. The van der Waals surface area contributed by atoms with Crippen LogP contribution in [0.5, 0.6) is 0 Å². The normalized spacial score (nSPS) is 11.2. The van der Waals surface area contributed by atoms with Crippen LogP contribution in [0.4, 0.5) is 30.9 Å². The minimum Gasteiger partial charge on any atom is -0.478 e. The van der Waals surface area contributed by atoms with Crippen molar-refractivity contribution in [3.63, 3.8) is 0 Å². The number of halogens is 2. The molecular formula is C32H22F2N8O4S2. The Bertz CT molecular complexity index is 2380. The van der Waals surface area contributed by atoms with Gasteiger partial charge in [-0.2, -0.15) is 0 Å². The third kappa shape index (κ3) is 5.85. The predicted molar refractivity (Wildman–Crippen MR) is 181 cm³/mol. The predicted octanol–water partition coefficient (Wildman–Crippen LogP) is 7.53. The second-order valence-corrected chi connectivity index (χ2v) is 12.6. The van der Waals surface area contributed by atoms with Crippen LogP contribution in [0.2, 0.25) is 0 Å². The molecule has 48 heavy (non-hydrogen) atoms. The Morgan fingerprint density at radius 1 is 0.604 bits per heavy atom. The summed E-state index contributed by atoms with van der Waals surface area (Å²) < 4.78 is 31.7. The van der Waals surface area contributed by atoms with Gasteiger partial charge in [0.15, 0.2) is 10.3 Å². The number of hydrogen-bond donors (Lipinski definition) is 4. The van der Waals surface area contributed by atoms with Crippen LogP contribution in [0.3, 0.4) is 0 Å². The third-order valence-corrected chi connectivity index (χ3v) is 9.26. The fourth-order valence-electron chi connectivity index (χ4n) is 4.98. The molecule has 240 valence electrons. The quantitative estimate of drug-likeness (QED) is 0.138. The smallest absolute Gasteiger partial charge is 0.335 e. The lowest BCUT2D eigenvalue weighted by atomic mass is 10.2. The van der Waals surface area contributed by atoms with Crippen molar-refractivity contribution in [2.75, 3.05) is 10.6 Å². The Hall–Kier alpha value is -6.00. The maximum atomic E-state index is 13.3. The van der Waals surface area contributed by atoms with Crippen LogP contribution < -0.4 is 10.6 Å². The Labute approximate surface area is 276 Å². The first-order valence-corrected chi connectivity index (χ1v) is 15.7. The third-order valence-electron chi connectivity index (χ3n) is 7.39. The van der Waals surface area contributed by atoms with Gasteiger partial charge in [-0.15, -0.1) is 0 Å². The van der Waals surface area contributed by atoms with Crippen molar-refractivity contribution in [1.29, 1.82) is 0 Å². The number of benzene rings is 4. The number of aryl methyl sites for hydroxylation is 2. The van der Waals surface area contributed by atoms with Gasteiger partial charge in [0.05, 0.1) is 53.6 Å². The minimum absolute atomic E-state index is 0.183. The lowest BCUT2D eigenvalue weighted by Gasteiger charge is -2.02. The van der Waals surface area contributed by atoms with Gasteiger partial charge in [0.1, 0.15) is 11.6 Å². The van der Waals surface area contributed by atoms with Gasteiger partial charge in [-0.3, -0.25) is 0 Å². The number of fused-ring (bicyclic) bond motifs is 4. The highest BCUT2D eigenvalue weighted by Gasteiger charge is 2.15. The molecule has 0 amide bonds. The van der Waals surface area contributed by atoms with E-state index in [9.17, 15) is 18.4 Å². The highest BCUT2D eigenvalue weighted by atomic mass is 32.1. The summed E-state index contributed by atoms with van der Waals surface area (Å²) in [5.41, 5.74) is 4.53. The van der Waals surface area contributed by atoms with Crippen molar-refractivity contribution in [1.82, 2.24) is 29.1 Å². The van der Waals surface area contributed by atoms with Crippen molar-refractivity contribution >= 4 is 99.3 Å². The van der Waals surface area contributed by atoms with Gasteiger partial charge in [0.25, 0.3) is 0 Å². The van der Waals surface area contributed by atoms with E-state index in [1.54, 1.807) is 24.3 Å². The maximum Gasteiger partial charge on any atom is 0.335 e. The second kappa shape index (κ2) is 12.0. The highest BCUT2D eigenvalue weighted by Crippen LogP contribution is 2.31. The zero-order chi connectivity index (χ0) is 33.7. The van der Waals surface area contributed by atoms with Gasteiger partial charge in [0, 0.05) is 14.1 Å². The Morgan fingerprint density at radius 2 is 1.02 bits per heavy atom. The van der Waals surface area contributed by atoms with Crippen LogP contribution in [-0.2, 0) is 14.1 Å². The van der Waals surface area contributed by atoms with Crippen LogP contribution in [0.25, 0.3) is 42.5 Å². The number of aromatic nitrogens is 6. The SMILES string of the molecule is Cn1c(Nc2nc3ccc(F)cc3s2)nc2cc(C(=O)O)ccc21.Cn1c(Nc2nc3ccc(F)cc3s2)nc2cc(C(=O)O)ccc21. The molecule has 0 spiro atoms. The number of aromatic carboxylic acids is 2. The monoisotopic (exact) mass is 684 g/mol. The van der Waals surface area contributed by atoms with Crippen LogP contribution in [0.1, 0.15) is 20.7 Å². The summed E-state index contributed by atoms with van der Waals surface area (Å²) >= 11 is 2.65. The summed E-state index contributed by atoms with van der Waals surface area (Å²) in [6.45, 7) is 0. The molecule has 4 heterocycles. The lowest BCUT2D eigenvalue weighted by Crippen LogP contribution is -1.98. The summed E-state index contributed by atoms with van der Waals surface area (Å²) in [6, 6.07) is 18.4. The molecule has 4 aromatic heterocycles. The van der Waals surface area contributed by atoms with E-state index < -0.39 is 11.9 Å². The summed E-state index contributed by atoms with van der Waals surface area (Å²) in [5, 5.41) is 25.5. The van der Waals surface area contributed by atoms with Gasteiger partial charge in [-0.25, -0.2) is 38.3 Å². The number of imidazole rings is 2. The first-order valence-electron chi connectivity index (χ1n) is 14.1. The molecule has 0 saturated carbocycles. The zero-order valence-electron chi connectivity index (χ0n) is 24.9. The summed E-state index contributed by atoms with van der Waals surface area (Å²) in [6.07, 6.45) is 0. The first kappa shape index (κ1) is 30.6. The van der Waals surface area contributed by atoms with Crippen LogP contribution in [0.15, 0.2) is 72.8 Å². The Balaban J connectivity index is 0.000000152. The summed E-state index contributed by atoms with van der Waals surface area (Å²) in [5.74, 6) is -1.53. The highest BCUT2D eigenvalue weighted by molar-refractivity contribution is 7.22. The molecule has 0 aliphatic rings. The van der Waals surface area contributed by atoms with Gasteiger partial charge >= 0.3 is 11.9 Å². The number of rotatable bonds is 6. The molecule has 0 aliphatic heterocycles. The van der Waals surface area contributed by atoms with Crippen molar-refractivity contribution in [2.45, 2.75) is 0 Å². The fourth-order valence-corrected chi connectivity index (χ4v) is 6.75. The van der Waals surface area contributed by atoms with Crippen molar-refractivity contribution in [2.24, 2.45) is 14.1 Å². The molecule has 0 bridgehead atoms. The topological polar surface area (TPSA) is 160 Å². The van der Waals surface area contributed by atoms with Crippen molar-refractivity contribution < 1.29 is 28.6 Å². The number of nitrogens with zero attached hydrogens (tertiary/aromatic N) is 6. The molecule has 0 radical (unpaired) electrons. The molecule has 16 heteroatoms. The standard InChI is InChI=1S/2C16H11FN4O2S/c2*1-21-12-5-2-8(14(22)23)6-11(12)18-15(21)20-16-19-10-4-3-9(17)7-13(10)24-16/h2*2-7H,1H3,(H,22,23)(H,18,19,20). The fraction of sp³-hybridized carbons (Fsp3) is 0.0625. The second-order valence-electron chi connectivity index (χ2n) is 10.5. The first-order chi connectivity index (χ1) is 23.0. The molecule has 4 aromatic carbocycles. The number of carboxylic acid groups (broad SMARTS) is 2. The van der Waals surface area contributed by atoms with Gasteiger partial charge in [0.2, 0.25) is 11.9 Å². The average Bonchev–Trinajstić information content (AvgIpc) is 3.80. The van der Waals surface area contributed by atoms with Gasteiger partial charge in [-0.05, 0) is 72.8 Å². The minimum atomic E-state index is -0.995. The molecular weight excluding hydrogens is 663 g/mol. The molecule has 0 saturated heterocycles. The summed E-state index contributed by atoms with van der Waals surface area (Å²) in [4.78, 5) is 39.8. The maximum absolute atomic E-state index is 13.3. The molecule has 8 rings (SSSR count). The molecule has 4 N–H and O–H groups in total. The van der Waals surface area contributed by atoms with E-state index in [4.69, 9.17) is 10.2 Å². The van der Waals surface area contributed by atoms with E-state index in [2.05, 4.69) is 30.6 Å². The number of carbonyl (C=O) groups is 2. The number of nitrogens with one attached hydrogen (secondary N) is 2. The van der Waals surface area contributed by atoms with Gasteiger partial charge in [-0.1, -0.05) is 22.7 Å². The van der Waals surface area contributed by atoms with Crippen LogP contribution in [0, 0.1) is 11.6 Å². The van der Waals surface area contributed by atoms with E-state index in [1.165, 1.54) is 71.2 Å². The van der Waals surface area contributed by atoms with Crippen molar-refractivity contribution in [3.05, 3.63) is 95.6 Å². The van der Waals surface area contributed by atoms with E-state index >= 15 is 0 Å². The molecule has 0 aliphatic carbocycles. The molecule has 8 aromatic rings. The van der Waals surface area contributed by atoms with E-state index in [0.717, 1.165) is 20.4 Å². The number of carboxylic acids is 2. The molecule has 12 nitrogen and oxygen atoms in total. The largest absolute Gasteiger partial charge is 0.478 e. The number of anilines is 4. The molecule has 0 atom stereocenters. The Kier molecular flexibility index (Phi) is 7.65. The van der Waals surface area contributed by atoms with E-state index in [-0.39, 0.29) is 22.8 Å². The lowest BCUT2D eigenvalue weighted by molar-refractivity contribution is 0.0686. The van der Waals surface area contributed by atoms with Crippen molar-refractivity contribution in [3.8, 4) is 0 Å². The number of hydrogen-bond acceptors (Lipinski definition) is 10. The number of thiazole rings is 2. The van der Waals surface area contributed by atoms with E-state index in [1.807, 2.05) is 23.2 Å². The van der Waals surface area contributed by atoms with Crippen LogP contribution >= 0.6 is 22.7 Å². The zero-order valence-corrected chi connectivity index (χ0v) is 26.5. The molecule has 0 fully saturated rings.